The lowest BCUT2D eigenvalue weighted by Crippen LogP contribution is -2.45. The lowest BCUT2D eigenvalue weighted by Gasteiger charge is -2.29. The van der Waals surface area contributed by atoms with E-state index in [9.17, 15) is 13.6 Å². The number of nitrogens with zero attached hydrogens (tertiary/aromatic N) is 3. The Morgan fingerprint density at radius 2 is 2.18 bits per heavy atom. The highest BCUT2D eigenvalue weighted by molar-refractivity contribution is 5.82. The number of alkyl halides is 2. The van der Waals surface area contributed by atoms with Crippen molar-refractivity contribution in [2.45, 2.75) is 51.1 Å². The molecule has 3 heterocycles. The molecule has 1 aromatic heterocycles. The van der Waals surface area contributed by atoms with Crippen LogP contribution >= 0.6 is 0 Å². The van der Waals surface area contributed by atoms with Crippen LogP contribution in [-0.2, 0) is 24.8 Å². The zero-order valence-electron chi connectivity index (χ0n) is 13.2. The third kappa shape index (κ3) is 2.62. The van der Waals surface area contributed by atoms with Crippen molar-refractivity contribution in [2.75, 3.05) is 13.1 Å². The summed E-state index contributed by atoms with van der Waals surface area (Å²) in [6.45, 7) is 4.73. The Morgan fingerprint density at radius 3 is 2.77 bits per heavy atom. The van der Waals surface area contributed by atoms with Crippen LogP contribution in [-0.4, -0.2) is 45.4 Å². The van der Waals surface area contributed by atoms with Gasteiger partial charge in [0.2, 0.25) is 5.91 Å². The average Bonchev–Trinajstić information content (AvgIpc) is 2.98. The molecule has 0 aliphatic carbocycles. The minimum absolute atomic E-state index is 0.237. The lowest BCUT2D eigenvalue weighted by molar-refractivity contribution is -0.134. The van der Waals surface area contributed by atoms with Crippen molar-refractivity contribution in [2.24, 2.45) is 7.05 Å². The van der Waals surface area contributed by atoms with Crippen molar-refractivity contribution in [3.8, 4) is 0 Å². The normalized spacial score (nSPS) is 23.9. The van der Waals surface area contributed by atoms with Gasteiger partial charge < -0.3 is 9.47 Å². The molecule has 1 saturated heterocycles. The molecule has 22 heavy (non-hydrogen) atoms. The van der Waals surface area contributed by atoms with E-state index in [0.717, 1.165) is 23.6 Å². The maximum absolute atomic E-state index is 13.3. The number of carbonyl (C=O) groups excluding carboxylic acids is 1. The summed E-state index contributed by atoms with van der Waals surface area (Å²) in [6, 6.07) is -0.773. The molecule has 2 aliphatic heterocycles. The van der Waals surface area contributed by atoms with Gasteiger partial charge >= 0.3 is 0 Å². The molecule has 0 aromatic carbocycles. The van der Waals surface area contributed by atoms with E-state index >= 15 is 0 Å². The number of rotatable bonds is 2. The number of hydrogen-bond donors (Lipinski definition) is 1. The minimum atomic E-state index is -2.78. The molecule has 122 valence electrons. The van der Waals surface area contributed by atoms with Crippen molar-refractivity contribution in [3.63, 3.8) is 0 Å². The van der Waals surface area contributed by atoms with Crippen LogP contribution < -0.4 is 5.32 Å². The standard InChI is InChI=1S/C15H22F2N4O/c1-9(2)13-19-11-7-21(5-4-12(11)20(13)3)14(22)10-6-15(16,17)8-18-10/h9-10,18H,4-8H2,1-3H3. The van der Waals surface area contributed by atoms with E-state index in [-0.39, 0.29) is 5.91 Å². The first-order valence-electron chi connectivity index (χ1n) is 7.73. The van der Waals surface area contributed by atoms with Crippen LogP contribution in [0.1, 0.15) is 43.4 Å². The average molecular weight is 312 g/mol. The van der Waals surface area contributed by atoms with Crippen LogP contribution in [0, 0.1) is 0 Å². The fourth-order valence-electron chi connectivity index (χ4n) is 3.36. The second-order valence-electron chi connectivity index (χ2n) is 6.58. The molecule has 5 nitrogen and oxygen atoms in total. The van der Waals surface area contributed by atoms with Gasteiger partial charge in [-0.25, -0.2) is 13.8 Å². The van der Waals surface area contributed by atoms with Crippen LogP contribution in [0.3, 0.4) is 0 Å². The van der Waals surface area contributed by atoms with E-state index in [1.165, 1.54) is 0 Å². The lowest BCUT2D eigenvalue weighted by atomic mass is 10.1. The maximum Gasteiger partial charge on any atom is 0.262 e. The molecule has 7 heteroatoms. The number of imidazole rings is 1. The quantitative estimate of drug-likeness (QED) is 0.899. The molecule has 3 rings (SSSR count). The Balaban J connectivity index is 1.74. The topological polar surface area (TPSA) is 50.2 Å². The van der Waals surface area contributed by atoms with Crippen LogP contribution in [0.4, 0.5) is 8.78 Å². The summed E-state index contributed by atoms with van der Waals surface area (Å²) >= 11 is 0. The molecule has 0 spiro atoms. The zero-order chi connectivity index (χ0) is 16.1. The number of carbonyl (C=O) groups is 1. The van der Waals surface area contributed by atoms with Crippen LogP contribution in [0.25, 0.3) is 0 Å². The van der Waals surface area contributed by atoms with Crippen LogP contribution in [0.5, 0.6) is 0 Å². The van der Waals surface area contributed by atoms with Gasteiger partial charge in [-0.05, 0) is 0 Å². The predicted octanol–water partition coefficient (Wildman–Crippen LogP) is 1.43. The highest BCUT2D eigenvalue weighted by Gasteiger charge is 2.44. The first kappa shape index (κ1) is 15.4. The van der Waals surface area contributed by atoms with Gasteiger partial charge in [0.25, 0.3) is 5.92 Å². The van der Waals surface area contributed by atoms with Gasteiger partial charge in [0.1, 0.15) is 5.82 Å². The Morgan fingerprint density at radius 1 is 1.45 bits per heavy atom. The van der Waals surface area contributed by atoms with Gasteiger partial charge in [0.05, 0.1) is 24.8 Å². The minimum Gasteiger partial charge on any atom is -0.335 e. The summed E-state index contributed by atoms with van der Waals surface area (Å²) in [4.78, 5) is 18.7. The van der Waals surface area contributed by atoms with E-state index in [2.05, 4.69) is 28.7 Å². The molecular weight excluding hydrogens is 290 g/mol. The molecule has 0 saturated carbocycles. The fraction of sp³-hybridized carbons (Fsp3) is 0.733. The largest absolute Gasteiger partial charge is 0.335 e. The van der Waals surface area contributed by atoms with Crippen LogP contribution in [0.15, 0.2) is 0 Å². The van der Waals surface area contributed by atoms with Crippen molar-refractivity contribution in [1.29, 1.82) is 0 Å². The summed E-state index contributed by atoms with van der Waals surface area (Å²) < 4.78 is 28.6. The highest BCUT2D eigenvalue weighted by Crippen LogP contribution is 2.28. The summed E-state index contributed by atoms with van der Waals surface area (Å²) in [5.41, 5.74) is 2.05. The van der Waals surface area contributed by atoms with Crippen molar-refractivity contribution in [1.82, 2.24) is 19.8 Å². The number of amides is 1. The number of fused-ring (bicyclic) bond motifs is 1. The van der Waals surface area contributed by atoms with Gasteiger partial charge in [-0.2, -0.15) is 0 Å². The van der Waals surface area contributed by atoms with Crippen molar-refractivity contribution in [3.05, 3.63) is 17.2 Å². The van der Waals surface area contributed by atoms with Gasteiger partial charge in [-0.3, -0.25) is 10.1 Å². The van der Waals surface area contributed by atoms with E-state index in [1.807, 2.05) is 7.05 Å². The Hall–Kier alpha value is -1.50. The molecule has 2 aliphatic rings. The number of nitrogens with one attached hydrogen (secondary N) is 1. The number of aromatic nitrogens is 2. The SMILES string of the molecule is CC(C)c1nc2c(n1C)CCN(C(=O)C1CC(F)(F)CN1)C2. The third-order valence-electron chi connectivity index (χ3n) is 4.53. The Kier molecular flexibility index (Phi) is 3.71. The maximum atomic E-state index is 13.3. The van der Waals surface area contributed by atoms with Crippen LogP contribution in [0.2, 0.25) is 0 Å². The molecule has 0 bridgehead atoms. The second kappa shape index (κ2) is 5.30. The van der Waals surface area contributed by atoms with E-state index < -0.39 is 24.9 Å². The molecule has 1 amide bonds. The van der Waals surface area contributed by atoms with E-state index in [0.29, 0.717) is 19.0 Å². The Bertz CT molecular complexity index is 597. The molecular formula is C15H22F2N4O. The molecule has 0 radical (unpaired) electrons. The predicted molar refractivity (Wildman–Crippen MR) is 77.8 cm³/mol. The smallest absolute Gasteiger partial charge is 0.262 e. The molecule has 1 aromatic rings. The van der Waals surface area contributed by atoms with Gasteiger partial charge in [0, 0.05) is 38.0 Å². The summed E-state index contributed by atoms with van der Waals surface area (Å²) in [6.07, 6.45) is 0.315. The Labute approximate surface area is 128 Å². The monoisotopic (exact) mass is 312 g/mol. The van der Waals surface area contributed by atoms with Gasteiger partial charge in [-0.1, -0.05) is 13.8 Å². The fourth-order valence-corrected chi connectivity index (χ4v) is 3.36. The van der Waals surface area contributed by atoms with Gasteiger partial charge in [-0.15, -0.1) is 0 Å². The molecule has 1 unspecified atom stereocenters. The number of hydrogen-bond acceptors (Lipinski definition) is 3. The third-order valence-corrected chi connectivity index (χ3v) is 4.53. The molecule has 1 fully saturated rings. The first-order chi connectivity index (χ1) is 10.3. The molecule has 1 atom stereocenters. The van der Waals surface area contributed by atoms with Crippen molar-refractivity contribution >= 4 is 5.91 Å². The highest BCUT2D eigenvalue weighted by atomic mass is 19.3. The van der Waals surface area contributed by atoms with E-state index in [4.69, 9.17) is 0 Å². The summed E-state index contributed by atoms with van der Waals surface area (Å²) in [5, 5.41) is 2.64. The van der Waals surface area contributed by atoms with E-state index in [1.54, 1.807) is 4.90 Å². The zero-order valence-corrected chi connectivity index (χ0v) is 13.2. The summed E-state index contributed by atoms with van der Waals surface area (Å²) in [5.74, 6) is -1.70. The molecule has 1 N–H and O–H groups in total. The van der Waals surface area contributed by atoms with Gasteiger partial charge in [0.15, 0.2) is 0 Å². The number of halogens is 2. The first-order valence-corrected chi connectivity index (χ1v) is 7.73. The summed E-state index contributed by atoms with van der Waals surface area (Å²) in [7, 11) is 2.00. The van der Waals surface area contributed by atoms with Crippen molar-refractivity contribution < 1.29 is 13.6 Å². The second-order valence-corrected chi connectivity index (χ2v) is 6.58.